The number of phenols is 1. The van der Waals surface area contributed by atoms with Crippen molar-refractivity contribution < 1.29 is 14.3 Å². The predicted molar refractivity (Wildman–Crippen MR) is 74.5 cm³/mol. The standard InChI is InChI=1S/C15H22FNO2/c1-9(2)15(5,10(3)4)14(19)17-12-7-6-11(16)8-13(12)18/h6-10,18H,1-5H3,(H,17,19). The molecule has 106 valence electrons. The number of nitrogens with one attached hydrogen (secondary N) is 1. The maximum absolute atomic E-state index is 12.9. The molecule has 3 nitrogen and oxygen atoms in total. The van der Waals surface area contributed by atoms with Crippen molar-refractivity contribution in [2.24, 2.45) is 17.3 Å². The molecule has 0 aliphatic carbocycles. The molecule has 0 spiro atoms. The van der Waals surface area contributed by atoms with Crippen molar-refractivity contribution >= 4 is 11.6 Å². The van der Waals surface area contributed by atoms with Gasteiger partial charge >= 0.3 is 0 Å². The summed E-state index contributed by atoms with van der Waals surface area (Å²) in [7, 11) is 0. The van der Waals surface area contributed by atoms with Gasteiger partial charge in [-0.25, -0.2) is 4.39 Å². The summed E-state index contributed by atoms with van der Waals surface area (Å²) < 4.78 is 12.9. The SMILES string of the molecule is CC(C)C(C)(C(=O)Nc1ccc(F)cc1O)C(C)C. The van der Waals surface area contributed by atoms with E-state index in [0.717, 1.165) is 6.07 Å². The van der Waals surface area contributed by atoms with Crippen molar-refractivity contribution in [3.8, 4) is 5.75 Å². The van der Waals surface area contributed by atoms with Crippen LogP contribution in [0.5, 0.6) is 5.75 Å². The molecule has 0 aliphatic heterocycles. The molecule has 0 fully saturated rings. The van der Waals surface area contributed by atoms with E-state index in [9.17, 15) is 14.3 Å². The Morgan fingerprint density at radius 1 is 1.26 bits per heavy atom. The fourth-order valence-corrected chi connectivity index (χ4v) is 2.06. The maximum Gasteiger partial charge on any atom is 0.230 e. The van der Waals surface area contributed by atoms with Crippen LogP contribution in [0, 0.1) is 23.1 Å². The monoisotopic (exact) mass is 267 g/mol. The lowest BCUT2D eigenvalue weighted by Gasteiger charge is -2.36. The number of amides is 1. The van der Waals surface area contributed by atoms with Crippen LogP contribution in [0.15, 0.2) is 18.2 Å². The number of phenolic OH excluding ortho intramolecular Hbond substituents is 1. The van der Waals surface area contributed by atoms with E-state index in [-0.39, 0.29) is 29.2 Å². The summed E-state index contributed by atoms with van der Waals surface area (Å²) in [6, 6.07) is 3.55. The highest BCUT2D eigenvalue weighted by Gasteiger charge is 2.39. The van der Waals surface area contributed by atoms with Crippen molar-refractivity contribution in [3.63, 3.8) is 0 Å². The number of rotatable bonds is 4. The highest BCUT2D eigenvalue weighted by molar-refractivity contribution is 5.96. The van der Waals surface area contributed by atoms with Crippen LogP contribution < -0.4 is 5.32 Å². The van der Waals surface area contributed by atoms with Gasteiger partial charge in [0.1, 0.15) is 11.6 Å². The van der Waals surface area contributed by atoms with Gasteiger partial charge in [0, 0.05) is 6.07 Å². The summed E-state index contributed by atoms with van der Waals surface area (Å²) in [5.74, 6) is -0.668. The number of hydrogen-bond acceptors (Lipinski definition) is 2. The number of carbonyl (C=O) groups excluding carboxylic acids is 1. The minimum atomic E-state index is -0.555. The molecule has 0 saturated carbocycles. The summed E-state index contributed by atoms with van der Waals surface area (Å²) >= 11 is 0. The third-order valence-electron chi connectivity index (χ3n) is 4.10. The normalized spacial score (nSPS) is 12.0. The zero-order chi connectivity index (χ0) is 14.8. The molecular formula is C15H22FNO2. The van der Waals surface area contributed by atoms with Crippen molar-refractivity contribution in [1.82, 2.24) is 0 Å². The second-order valence-electron chi connectivity index (χ2n) is 5.71. The molecule has 0 aromatic heterocycles. The Kier molecular flexibility index (Phi) is 4.56. The summed E-state index contributed by atoms with van der Waals surface area (Å²) in [5.41, 5.74) is -0.320. The van der Waals surface area contributed by atoms with Crippen LogP contribution >= 0.6 is 0 Å². The van der Waals surface area contributed by atoms with Crippen molar-refractivity contribution in [3.05, 3.63) is 24.0 Å². The van der Waals surface area contributed by atoms with E-state index in [2.05, 4.69) is 5.32 Å². The molecular weight excluding hydrogens is 245 g/mol. The quantitative estimate of drug-likeness (QED) is 0.815. The van der Waals surface area contributed by atoms with Crippen LogP contribution in [0.3, 0.4) is 0 Å². The third-order valence-corrected chi connectivity index (χ3v) is 4.10. The van der Waals surface area contributed by atoms with Gasteiger partial charge in [0.25, 0.3) is 0 Å². The van der Waals surface area contributed by atoms with E-state index in [1.807, 2.05) is 34.6 Å². The Bertz CT molecular complexity index is 461. The van der Waals surface area contributed by atoms with Crippen LogP contribution in [-0.2, 0) is 4.79 Å². The molecule has 0 unspecified atom stereocenters. The molecule has 0 bridgehead atoms. The first kappa shape index (κ1) is 15.5. The van der Waals surface area contributed by atoms with Crippen molar-refractivity contribution in [2.75, 3.05) is 5.32 Å². The van der Waals surface area contributed by atoms with E-state index in [4.69, 9.17) is 0 Å². The summed E-state index contributed by atoms with van der Waals surface area (Å²) in [6.07, 6.45) is 0. The van der Waals surface area contributed by atoms with Gasteiger partial charge in [-0.05, 0) is 24.0 Å². The van der Waals surface area contributed by atoms with Gasteiger partial charge in [-0.3, -0.25) is 4.79 Å². The minimum Gasteiger partial charge on any atom is -0.506 e. The summed E-state index contributed by atoms with van der Waals surface area (Å²) in [4.78, 5) is 12.4. The molecule has 1 aromatic rings. The van der Waals surface area contributed by atoms with Crippen LogP contribution in [0.2, 0.25) is 0 Å². The van der Waals surface area contributed by atoms with E-state index in [1.54, 1.807) is 0 Å². The highest BCUT2D eigenvalue weighted by Crippen LogP contribution is 2.37. The molecule has 4 heteroatoms. The van der Waals surface area contributed by atoms with Crippen LogP contribution in [0.1, 0.15) is 34.6 Å². The molecule has 19 heavy (non-hydrogen) atoms. The number of anilines is 1. The van der Waals surface area contributed by atoms with Gasteiger partial charge in [-0.15, -0.1) is 0 Å². The molecule has 1 aromatic carbocycles. The van der Waals surface area contributed by atoms with Crippen LogP contribution in [0.25, 0.3) is 0 Å². The van der Waals surface area contributed by atoms with E-state index >= 15 is 0 Å². The van der Waals surface area contributed by atoms with Gasteiger partial charge in [0.15, 0.2) is 0 Å². The van der Waals surface area contributed by atoms with Crippen LogP contribution in [0.4, 0.5) is 10.1 Å². The van der Waals surface area contributed by atoms with E-state index < -0.39 is 11.2 Å². The van der Waals surface area contributed by atoms with Gasteiger partial charge in [0.2, 0.25) is 5.91 Å². The Balaban J connectivity index is 3.01. The summed E-state index contributed by atoms with van der Waals surface area (Å²) in [5, 5.41) is 12.3. The zero-order valence-corrected chi connectivity index (χ0v) is 12.1. The molecule has 1 amide bonds. The third kappa shape index (κ3) is 3.06. The Morgan fingerprint density at radius 2 is 1.79 bits per heavy atom. The number of carbonyl (C=O) groups is 1. The van der Waals surface area contributed by atoms with E-state index in [1.165, 1.54) is 12.1 Å². The predicted octanol–water partition coefficient (Wildman–Crippen LogP) is 3.79. The number of aromatic hydroxyl groups is 1. The highest BCUT2D eigenvalue weighted by atomic mass is 19.1. The van der Waals surface area contributed by atoms with Gasteiger partial charge in [-0.1, -0.05) is 34.6 Å². The average molecular weight is 267 g/mol. The minimum absolute atomic E-state index is 0.148. The van der Waals surface area contributed by atoms with Gasteiger partial charge < -0.3 is 10.4 Å². The topological polar surface area (TPSA) is 49.3 Å². The first-order valence-corrected chi connectivity index (χ1v) is 6.49. The van der Waals surface area contributed by atoms with Crippen molar-refractivity contribution in [2.45, 2.75) is 34.6 Å². The second kappa shape index (κ2) is 5.59. The summed E-state index contributed by atoms with van der Waals surface area (Å²) in [6.45, 7) is 9.86. The first-order chi connectivity index (χ1) is 8.69. The molecule has 0 heterocycles. The number of halogens is 1. The number of hydrogen-bond donors (Lipinski definition) is 2. The van der Waals surface area contributed by atoms with Crippen molar-refractivity contribution in [1.29, 1.82) is 0 Å². The molecule has 0 saturated heterocycles. The largest absolute Gasteiger partial charge is 0.506 e. The smallest absolute Gasteiger partial charge is 0.230 e. The Hall–Kier alpha value is -1.58. The molecule has 0 aliphatic rings. The lowest BCUT2D eigenvalue weighted by molar-refractivity contribution is -0.129. The van der Waals surface area contributed by atoms with Gasteiger partial charge in [-0.2, -0.15) is 0 Å². The second-order valence-corrected chi connectivity index (χ2v) is 5.71. The molecule has 0 radical (unpaired) electrons. The fourth-order valence-electron chi connectivity index (χ4n) is 2.06. The molecule has 1 rings (SSSR count). The fraction of sp³-hybridized carbons (Fsp3) is 0.533. The Morgan fingerprint density at radius 3 is 2.21 bits per heavy atom. The van der Waals surface area contributed by atoms with E-state index in [0.29, 0.717) is 0 Å². The van der Waals surface area contributed by atoms with Gasteiger partial charge in [0.05, 0.1) is 11.1 Å². The lowest BCUT2D eigenvalue weighted by atomic mass is 9.70. The zero-order valence-electron chi connectivity index (χ0n) is 12.1. The first-order valence-electron chi connectivity index (χ1n) is 6.49. The lowest BCUT2D eigenvalue weighted by Crippen LogP contribution is -2.42. The number of benzene rings is 1. The maximum atomic E-state index is 12.9. The molecule has 2 N–H and O–H groups in total. The average Bonchev–Trinajstić information content (AvgIpc) is 2.30. The molecule has 0 atom stereocenters. The van der Waals surface area contributed by atoms with Crippen LogP contribution in [-0.4, -0.2) is 11.0 Å². The Labute approximate surface area is 113 Å².